The molecule has 0 spiro atoms. The third-order valence-electron chi connectivity index (χ3n) is 9.53. The van der Waals surface area contributed by atoms with E-state index in [1.54, 1.807) is 38.1 Å². The fourth-order valence-electron chi connectivity index (χ4n) is 6.27. The van der Waals surface area contributed by atoms with Crippen LogP contribution in [0.15, 0.2) is 60.7 Å². The zero-order valence-electron chi connectivity index (χ0n) is 32.3. The van der Waals surface area contributed by atoms with E-state index in [-0.39, 0.29) is 43.9 Å². The standard InChI is InChI=1S/C39H49F3N6O10/c1-26(2)35(45-32(39(40,41)42)8-4-3-5-20-47-33(49)17-18-34(47)50)37(52)44-31(7-6-19-46-21-23-56-24-22-46)36(51)43-28-11-9-27(10-12-28)25-57-38(53)58-30-15-13-29(14-16-30)48(54)55/h9-18,26,31-32,35,45H,3-8,19-25H2,1-2H3,(H,43,51)(H,44,52)/t31-,32+,35-/m0/s1. The topological polar surface area (TPSA) is 199 Å². The number of nitrogens with one attached hydrogen (secondary N) is 3. The Labute approximate surface area is 333 Å². The molecule has 1 saturated heterocycles. The number of alkyl halides is 3. The average molecular weight is 819 g/mol. The first-order chi connectivity index (χ1) is 27.6. The Bertz CT molecular complexity index is 1730. The smallest absolute Gasteiger partial charge is 0.429 e. The molecule has 58 heavy (non-hydrogen) atoms. The van der Waals surface area contributed by atoms with Crippen molar-refractivity contribution < 1.29 is 56.3 Å². The number of ether oxygens (including phenoxy) is 3. The molecule has 1 fully saturated rings. The summed E-state index contributed by atoms with van der Waals surface area (Å²) in [6.07, 6.45) is -2.30. The number of halogens is 3. The molecule has 316 valence electrons. The van der Waals surface area contributed by atoms with Crippen molar-refractivity contribution in [2.45, 2.75) is 83.3 Å². The number of nitrogens with zero attached hydrogens (tertiary/aromatic N) is 3. The fraction of sp³-hybridized carbons (Fsp3) is 0.513. The Kier molecular flexibility index (Phi) is 17.1. The van der Waals surface area contributed by atoms with E-state index in [1.807, 2.05) is 0 Å². The summed E-state index contributed by atoms with van der Waals surface area (Å²) in [5.41, 5.74) is 0.710. The first kappa shape index (κ1) is 45.3. The summed E-state index contributed by atoms with van der Waals surface area (Å²) in [6.45, 7) is 6.29. The molecular formula is C39H49F3N6O10. The molecule has 0 saturated carbocycles. The van der Waals surface area contributed by atoms with Gasteiger partial charge in [-0.05, 0) is 68.0 Å². The molecule has 3 atom stereocenters. The number of amides is 4. The Balaban J connectivity index is 1.34. The van der Waals surface area contributed by atoms with E-state index >= 15 is 0 Å². The molecule has 3 N–H and O–H groups in total. The number of hydrogen-bond donors (Lipinski definition) is 3. The van der Waals surface area contributed by atoms with Crippen LogP contribution in [-0.2, 0) is 35.3 Å². The minimum absolute atomic E-state index is 0.0498. The molecule has 2 aliphatic heterocycles. The van der Waals surface area contributed by atoms with Gasteiger partial charge in [0.2, 0.25) is 11.8 Å². The molecule has 4 amide bonds. The number of imide groups is 1. The van der Waals surface area contributed by atoms with E-state index in [1.165, 1.54) is 24.3 Å². The molecule has 16 nitrogen and oxygen atoms in total. The number of morpholine rings is 1. The highest BCUT2D eigenvalue weighted by molar-refractivity contribution is 6.12. The van der Waals surface area contributed by atoms with Crippen LogP contribution in [0.2, 0.25) is 0 Å². The normalized spacial score (nSPS) is 16.2. The Morgan fingerprint density at radius 1 is 0.879 bits per heavy atom. The van der Waals surface area contributed by atoms with Crippen molar-refractivity contribution >= 4 is 41.2 Å². The monoisotopic (exact) mass is 818 g/mol. The molecule has 0 radical (unpaired) electrons. The predicted molar refractivity (Wildman–Crippen MR) is 203 cm³/mol. The zero-order valence-corrected chi connectivity index (χ0v) is 32.3. The van der Waals surface area contributed by atoms with Crippen LogP contribution in [-0.4, -0.2) is 108 Å². The quantitative estimate of drug-likeness (QED) is 0.0386. The highest BCUT2D eigenvalue weighted by atomic mass is 19.4. The first-order valence-corrected chi connectivity index (χ1v) is 19.1. The van der Waals surface area contributed by atoms with Crippen LogP contribution in [0.3, 0.4) is 0 Å². The molecule has 2 aromatic rings. The van der Waals surface area contributed by atoms with Gasteiger partial charge in [-0.2, -0.15) is 13.2 Å². The Morgan fingerprint density at radius 3 is 2.14 bits per heavy atom. The van der Waals surface area contributed by atoms with Crippen molar-refractivity contribution in [3.63, 3.8) is 0 Å². The summed E-state index contributed by atoms with van der Waals surface area (Å²) >= 11 is 0. The molecule has 0 unspecified atom stereocenters. The lowest BCUT2D eigenvalue weighted by molar-refractivity contribution is -0.384. The molecule has 2 aromatic carbocycles. The van der Waals surface area contributed by atoms with Crippen LogP contribution in [0.5, 0.6) is 5.75 Å². The number of anilines is 1. The molecule has 19 heteroatoms. The van der Waals surface area contributed by atoms with Crippen molar-refractivity contribution in [3.8, 4) is 5.75 Å². The molecule has 0 bridgehead atoms. The van der Waals surface area contributed by atoms with Gasteiger partial charge >= 0.3 is 12.3 Å². The third kappa shape index (κ3) is 14.5. The van der Waals surface area contributed by atoms with Gasteiger partial charge in [-0.25, -0.2) is 4.79 Å². The highest BCUT2D eigenvalue weighted by Gasteiger charge is 2.42. The second kappa shape index (κ2) is 21.9. The van der Waals surface area contributed by atoms with Crippen molar-refractivity contribution in [2.24, 2.45) is 5.92 Å². The van der Waals surface area contributed by atoms with Crippen LogP contribution in [0, 0.1) is 16.0 Å². The second-order valence-electron chi connectivity index (χ2n) is 14.2. The fourth-order valence-corrected chi connectivity index (χ4v) is 6.27. The largest absolute Gasteiger partial charge is 0.514 e. The molecule has 2 heterocycles. The minimum atomic E-state index is -4.68. The Hall–Kier alpha value is -5.40. The number of hydrogen-bond acceptors (Lipinski definition) is 12. The van der Waals surface area contributed by atoms with E-state index in [9.17, 15) is 47.3 Å². The molecule has 4 rings (SSSR count). The molecule has 0 aliphatic carbocycles. The second-order valence-corrected chi connectivity index (χ2v) is 14.2. The van der Waals surface area contributed by atoms with Gasteiger partial charge in [-0.15, -0.1) is 0 Å². The SMILES string of the molecule is CC(C)[C@H](N[C@H](CCCCCN1C(=O)C=CC1=O)C(F)(F)F)C(=O)N[C@@H](CCCN1CCOCC1)C(=O)Nc1ccc(COC(=O)Oc2ccc([N+](=O)[O-])cc2)cc1. The number of benzene rings is 2. The maximum absolute atomic E-state index is 14.3. The summed E-state index contributed by atoms with van der Waals surface area (Å²) in [7, 11) is 0. The lowest BCUT2D eigenvalue weighted by atomic mass is 9.99. The van der Waals surface area contributed by atoms with Gasteiger partial charge in [-0.3, -0.25) is 44.4 Å². The summed E-state index contributed by atoms with van der Waals surface area (Å²) in [4.78, 5) is 76.4. The van der Waals surface area contributed by atoms with Gasteiger partial charge in [0.15, 0.2) is 0 Å². The lowest BCUT2D eigenvalue weighted by Gasteiger charge is -2.31. The maximum atomic E-state index is 14.3. The number of non-ortho nitro benzene ring substituents is 1. The first-order valence-electron chi connectivity index (χ1n) is 19.1. The van der Waals surface area contributed by atoms with E-state index < -0.39 is 64.9 Å². The number of carbonyl (C=O) groups excluding carboxylic acids is 5. The van der Waals surface area contributed by atoms with Gasteiger partial charge in [0.1, 0.15) is 24.4 Å². The van der Waals surface area contributed by atoms with Crippen LogP contribution in [0.1, 0.15) is 57.9 Å². The molecule has 2 aliphatic rings. The van der Waals surface area contributed by atoms with E-state index in [0.717, 1.165) is 17.1 Å². The maximum Gasteiger partial charge on any atom is 0.514 e. The summed E-state index contributed by atoms with van der Waals surface area (Å²) < 4.78 is 58.3. The highest BCUT2D eigenvalue weighted by Crippen LogP contribution is 2.26. The van der Waals surface area contributed by atoms with Crippen molar-refractivity contribution in [1.29, 1.82) is 0 Å². The zero-order chi connectivity index (χ0) is 42.2. The Morgan fingerprint density at radius 2 is 1.53 bits per heavy atom. The molecule has 0 aromatic heterocycles. The number of unbranched alkanes of at least 4 members (excludes halogenated alkanes) is 2. The van der Waals surface area contributed by atoms with E-state index in [0.29, 0.717) is 63.4 Å². The summed E-state index contributed by atoms with van der Waals surface area (Å²) in [6, 6.07) is 6.72. The van der Waals surface area contributed by atoms with Crippen molar-refractivity contribution in [2.75, 3.05) is 44.7 Å². The van der Waals surface area contributed by atoms with Gasteiger partial charge < -0.3 is 24.8 Å². The van der Waals surface area contributed by atoms with Gasteiger partial charge in [0, 0.05) is 49.6 Å². The van der Waals surface area contributed by atoms with Crippen molar-refractivity contribution in [3.05, 3.63) is 76.4 Å². The van der Waals surface area contributed by atoms with Crippen LogP contribution in [0.25, 0.3) is 0 Å². The lowest BCUT2D eigenvalue weighted by Crippen LogP contribution is -2.58. The molecular weight excluding hydrogens is 769 g/mol. The minimum Gasteiger partial charge on any atom is -0.429 e. The number of nitro benzene ring substituents is 1. The van der Waals surface area contributed by atoms with E-state index in [4.69, 9.17) is 14.2 Å². The van der Waals surface area contributed by atoms with Gasteiger partial charge in [0.25, 0.3) is 17.5 Å². The van der Waals surface area contributed by atoms with Crippen LogP contribution in [0.4, 0.5) is 29.3 Å². The summed E-state index contributed by atoms with van der Waals surface area (Å²) in [5, 5.41) is 18.8. The number of rotatable bonds is 21. The average Bonchev–Trinajstić information content (AvgIpc) is 3.50. The predicted octanol–water partition coefficient (Wildman–Crippen LogP) is 4.88. The number of nitro groups is 1. The third-order valence-corrected chi connectivity index (χ3v) is 9.53. The van der Waals surface area contributed by atoms with Gasteiger partial charge in [-0.1, -0.05) is 38.8 Å². The number of carbonyl (C=O) groups is 5. The van der Waals surface area contributed by atoms with Crippen LogP contribution >= 0.6 is 0 Å². The van der Waals surface area contributed by atoms with Crippen LogP contribution < -0.4 is 20.7 Å². The van der Waals surface area contributed by atoms with Crippen molar-refractivity contribution in [1.82, 2.24) is 20.4 Å². The summed E-state index contributed by atoms with van der Waals surface area (Å²) in [5.74, 6) is -2.78. The van der Waals surface area contributed by atoms with E-state index in [2.05, 4.69) is 20.9 Å². The van der Waals surface area contributed by atoms with Gasteiger partial charge in [0.05, 0.1) is 24.2 Å².